The van der Waals surface area contributed by atoms with Crippen LogP contribution in [0.4, 0.5) is 10.8 Å². The molecule has 1 aliphatic heterocycles. The zero-order valence-electron chi connectivity index (χ0n) is 17.0. The monoisotopic (exact) mass is 417 g/mol. The van der Waals surface area contributed by atoms with Gasteiger partial charge in [0.2, 0.25) is 5.91 Å². The summed E-state index contributed by atoms with van der Waals surface area (Å²) >= 11 is 1.36. The number of rotatable bonds is 8. The van der Waals surface area contributed by atoms with Crippen molar-refractivity contribution in [2.24, 2.45) is 0 Å². The normalized spacial score (nSPS) is 16.1. The number of hydrogen-bond acceptors (Lipinski definition) is 7. The number of likely N-dealkylation sites (N-methyl/N-ethyl adjacent to an activating group) is 1. The molecule has 29 heavy (non-hydrogen) atoms. The molecule has 0 saturated carbocycles. The number of anilines is 2. The first-order chi connectivity index (χ1) is 14.0. The van der Waals surface area contributed by atoms with Gasteiger partial charge in [0.25, 0.3) is 5.91 Å². The minimum absolute atomic E-state index is 0.0948. The van der Waals surface area contributed by atoms with Crippen molar-refractivity contribution in [1.29, 1.82) is 0 Å². The van der Waals surface area contributed by atoms with E-state index in [-0.39, 0.29) is 11.8 Å². The van der Waals surface area contributed by atoms with E-state index in [0.29, 0.717) is 30.3 Å². The van der Waals surface area contributed by atoms with Gasteiger partial charge in [-0.25, -0.2) is 4.98 Å². The predicted molar refractivity (Wildman–Crippen MR) is 114 cm³/mol. The summed E-state index contributed by atoms with van der Waals surface area (Å²) in [6.45, 7) is 1.90. The highest BCUT2D eigenvalue weighted by Gasteiger charge is 2.35. The van der Waals surface area contributed by atoms with Gasteiger partial charge in [0.15, 0.2) is 5.13 Å². The topological polar surface area (TPSA) is 86.8 Å². The SMILES string of the molecule is COc1cccc(Nc2nc(C(=O)N3CCCC3C(=O)NCCN(C)C)cs2)c1. The first kappa shape index (κ1) is 21.1. The Kier molecular flexibility index (Phi) is 7.05. The second-order valence-electron chi connectivity index (χ2n) is 7.15. The molecule has 2 N–H and O–H groups in total. The molecule has 1 aromatic heterocycles. The molecule has 0 radical (unpaired) electrons. The first-order valence-corrected chi connectivity index (χ1v) is 10.5. The van der Waals surface area contributed by atoms with E-state index in [9.17, 15) is 9.59 Å². The molecular formula is C20H27N5O3S. The van der Waals surface area contributed by atoms with E-state index in [1.807, 2.05) is 43.3 Å². The van der Waals surface area contributed by atoms with Crippen LogP contribution in [0.2, 0.25) is 0 Å². The van der Waals surface area contributed by atoms with Gasteiger partial charge < -0.3 is 25.2 Å². The highest BCUT2D eigenvalue weighted by molar-refractivity contribution is 7.14. The van der Waals surface area contributed by atoms with Crippen LogP contribution >= 0.6 is 11.3 Å². The van der Waals surface area contributed by atoms with Gasteiger partial charge in [-0.3, -0.25) is 9.59 Å². The number of hydrogen-bond donors (Lipinski definition) is 2. The Labute approximate surface area is 174 Å². The maximum absolute atomic E-state index is 12.9. The second kappa shape index (κ2) is 9.71. The zero-order valence-corrected chi connectivity index (χ0v) is 17.8. The summed E-state index contributed by atoms with van der Waals surface area (Å²) in [5.74, 6) is 0.441. The molecule has 2 amide bonds. The molecule has 1 fully saturated rings. The lowest BCUT2D eigenvalue weighted by Gasteiger charge is -2.23. The molecular weight excluding hydrogens is 390 g/mol. The molecule has 1 aliphatic rings. The van der Waals surface area contributed by atoms with Gasteiger partial charge >= 0.3 is 0 Å². The molecule has 0 aliphatic carbocycles. The minimum Gasteiger partial charge on any atom is -0.497 e. The molecule has 0 bridgehead atoms. The summed E-state index contributed by atoms with van der Waals surface area (Å²) in [5, 5.41) is 8.46. The van der Waals surface area contributed by atoms with Crippen LogP contribution in [0.3, 0.4) is 0 Å². The molecule has 1 atom stereocenters. The Balaban J connectivity index is 1.63. The standard InChI is InChI=1S/C20H27N5O3S/c1-24(2)11-9-21-18(26)17-8-5-10-25(17)19(27)16-13-29-20(23-16)22-14-6-4-7-15(12-14)28-3/h4,6-7,12-13,17H,5,8-11H2,1-3H3,(H,21,26)(H,22,23). The third-order valence-electron chi connectivity index (χ3n) is 4.72. The maximum Gasteiger partial charge on any atom is 0.274 e. The minimum atomic E-state index is -0.429. The van der Waals surface area contributed by atoms with E-state index in [0.717, 1.165) is 24.4 Å². The number of carbonyl (C=O) groups is 2. The molecule has 156 valence electrons. The Morgan fingerprint density at radius 1 is 1.38 bits per heavy atom. The van der Waals surface area contributed by atoms with Crippen LogP contribution in [-0.2, 0) is 4.79 Å². The lowest BCUT2D eigenvalue weighted by Crippen LogP contribution is -2.47. The lowest BCUT2D eigenvalue weighted by molar-refractivity contribution is -0.124. The van der Waals surface area contributed by atoms with Crippen LogP contribution < -0.4 is 15.4 Å². The highest BCUT2D eigenvalue weighted by atomic mass is 32.1. The van der Waals surface area contributed by atoms with Gasteiger partial charge in [0.05, 0.1) is 7.11 Å². The predicted octanol–water partition coefficient (Wildman–Crippen LogP) is 2.18. The summed E-state index contributed by atoms with van der Waals surface area (Å²) in [6.07, 6.45) is 1.50. The fraction of sp³-hybridized carbons (Fsp3) is 0.450. The van der Waals surface area contributed by atoms with E-state index >= 15 is 0 Å². The molecule has 9 heteroatoms. The van der Waals surface area contributed by atoms with Crippen molar-refractivity contribution in [2.75, 3.05) is 46.2 Å². The molecule has 1 aromatic carbocycles. The number of ether oxygens (including phenoxy) is 1. The number of benzene rings is 1. The lowest BCUT2D eigenvalue weighted by atomic mass is 10.2. The maximum atomic E-state index is 12.9. The molecule has 2 heterocycles. The summed E-state index contributed by atoms with van der Waals surface area (Å²) < 4.78 is 5.22. The number of amides is 2. The summed E-state index contributed by atoms with van der Waals surface area (Å²) in [6, 6.07) is 7.07. The smallest absolute Gasteiger partial charge is 0.274 e. The summed E-state index contributed by atoms with van der Waals surface area (Å²) in [5.41, 5.74) is 1.19. The van der Waals surface area contributed by atoms with Gasteiger partial charge in [-0.2, -0.15) is 0 Å². The van der Waals surface area contributed by atoms with Crippen molar-refractivity contribution >= 4 is 34.0 Å². The van der Waals surface area contributed by atoms with Gasteiger partial charge in [0.1, 0.15) is 17.5 Å². The number of nitrogens with one attached hydrogen (secondary N) is 2. The Morgan fingerprint density at radius 3 is 2.97 bits per heavy atom. The molecule has 1 unspecified atom stereocenters. The number of likely N-dealkylation sites (tertiary alicyclic amines) is 1. The zero-order chi connectivity index (χ0) is 20.8. The van der Waals surface area contributed by atoms with Gasteiger partial charge in [0, 0.05) is 36.8 Å². The Morgan fingerprint density at radius 2 is 2.21 bits per heavy atom. The van der Waals surface area contributed by atoms with E-state index in [1.165, 1.54) is 11.3 Å². The van der Waals surface area contributed by atoms with E-state index in [4.69, 9.17) is 4.74 Å². The summed E-state index contributed by atoms with van der Waals surface area (Å²) in [4.78, 5) is 33.5. The average molecular weight is 418 g/mol. The van der Waals surface area contributed by atoms with Crippen LogP contribution in [0, 0.1) is 0 Å². The average Bonchev–Trinajstić information content (AvgIpc) is 3.37. The first-order valence-electron chi connectivity index (χ1n) is 9.58. The van der Waals surface area contributed by atoms with Crippen LogP contribution in [0.15, 0.2) is 29.6 Å². The van der Waals surface area contributed by atoms with Crippen LogP contribution in [0.25, 0.3) is 0 Å². The fourth-order valence-corrected chi connectivity index (χ4v) is 3.91. The van der Waals surface area contributed by atoms with Crippen molar-refractivity contribution < 1.29 is 14.3 Å². The summed E-state index contributed by atoms with van der Waals surface area (Å²) in [7, 11) is 5.52. The van der Waals surface area contributed by atoms with Gasteiger partial charge in [-0.1, -0.05) is 6.07 Å². The molecule has 0 spiro atoms. The number of methoxy groups -OCH3 is 1. The van der Waals surface area contributed by atoms with E-state index in [1.54, 1.807) is 17.4 Å². The largest absolute Gasteiger partial charge is 0.497 e. The molecule has 8 nitrogen and oxygen atoms in total. The molecule has 2 aromatic rings. The molecule has 3 rings (SSSR count). The van der Waals surface area contributed by atoms with Crippen molar-refractivity contribution in [3.05, 3.63) is 35.3 Å². The van der Waals surface area contributed by atoms with Crippen molar-refractivity contribution in [3.8, 4) is 5.75 Å². The fourth-order valence-electron chi connectivity index (χ4n) is 3.20. The highest BCUT2D eigenvalue weighted by Crippen LogP contribution is 2.26. The Bertz CT molecular complexity index is 854. The Hall–Kier alpha value is -2.65. The van der Waals surface area contributed by atoms with E-state index < -0.39 is 6.04 Å². The van der Waals surface area contributed by atoms with Crippen LogP contribution in [0.1, 0.15) is 23.3 Å². The number of nitrogens with zero attached hydrogens (tertiary/aromatic N) is 3. The quantitative estimate of drug-likeness (QED) is 0.685. The van der Waals surface area contributed by atoms with Gasteiger partial charge in [-0.15, -0.1) is 11.3 Å². The van der Waals surface area contributed by atoms with Gasteiger partial charge in [-0.05, 0) is 39.1 Å². The van der Waals surface area contributed by atoms with Crippen molar-refractivity contribution in [2.45, 2.75) is 18.9 Å². The second-order valence-corrected chi connectivity index (χ2v) is 8.00. The number of carbonyl (C=O) groups excluding carboxylic acids is 2. The third kappa shape index (κ3) is 5.45. The van der Waals surface area contributed by atoms with E-state index in [2.05, 4.69) is 15.6 Å². The number of aromatic nitrogens is 1. The number of thiazole rings is 1. The van der Waals surface area contributed by atoms with Crippen molar-refractivity contribution in [3.63, 3.8) is 0 Å². The van der Waals surface area contributed by atoms with Crippen molar-refractivity contribution in [1.82, 2.24) is 20.1 Å². The molecule has 1 saturated heterocycles. The third-order valence-corrected chi connectivity index (χ3v) is 5.48. The van der Waals surface area contributed by atoms with Crippen LogP contribution in [0.5, 0.6) is 5.75 Å². The van der Waals surface area contributed by atoms with Crippen LogP contribution in [-0.4, -0.2) is 73.5 Å².